The molecule has 1 aromatic rings. The second-order valence-electron chi connectivity index (χ2n) is 7.12. The van der Waals surface area contributed by atoms with Gasteiger partial charge in [0.15, 0.2) is 0 Å². The van der Waals surface area contributed by atoms with Crippen molar-refractivity contribution in [3.8, 4) is 0 Å². The normalized spacial score (nSPS) is 23.4. The molecule has 1 saturated heterocycles. The molecule has 1 amide bonds. The Balaban J connectivity index is 1.87. The molecule has 0 N–H and O–H groups in total. The summed E-state index contributed by atoms with van der Waals surface area (Å²) >= 11 is 13.8. The van der Waals surface area contributed by atoms with Gasteiger partial charge in [-0.15, -0.1) is 11.8 Å². The lowest BCUT2D eigenvalue weighted by molar-refractivity contribution is -0.156. The van der Waals surface area contributed by atoms with Crippen LogP contribution in [0.2, 0.25) is 10.0 Å². The van der Waals surface area contributed by atoms with Gasteiger partial charge in [0, 0.05) is 11.7 Å². The number of carbonyl (C=O) groups is 2. The minimum atomic E-state index is -0.546. The summed E-state index contributed by atoms with van der Waals surface area (Å²) in [5.41, 5.74) is 0.893. The maximum absolute atomic E-state index is 13.4. The fraction of sp³-hybridized carbons (Fsp3) is 0.600. The minimum Gasteiger partial charge on any atom is -0.464 e. The van der Waals surface area contributed by atoms with E-state index >= 15 is 0 Å². The number of amides is 1. The Labute approximate surface area is 174 Å². The van der Waals surface area contributed by atoms with Crippen LogP contribution in [0.1, 0.15) is 56.4 Å². The summed E-state index contributed by atoms with van der Waals surface area (Å²) in [5.74, 6) is 0.279. The molecule has 4 nitrogen and oxygen atoms in total. The Morgan fingerprint density at radius 2 is 1.93 bits per heavy atom. The lowest BCUT2D eigenvalue weighted by Crippen LogP contribution is -2.46. The van der Waals surface area contributed by atoms with Crippen molar-refractivity contribution in [1.29, 1.82) is 0 Å². The summed E-state index contributed by atoms with van der Waals surface area (Å²) in [6.07, 6.45) is 5.87. The number of esters is 1. The van der Waals surface area contributed by atoms with E-state index in [1.807, 2.05) is 13.0 Å². The number of hydrogen-bond donors (Lipinski definition) is 0. The Morgan fingerprint density at radius 1 is 1.19 bits per heavy atom. The van der Waals surface area contributed by atoms with Gasteiger partial charge in [0.05, 0.1) is 16.7 Å². The number of thioether (sulfide) groups is 1. The van der Waals surface area contributed by atoms with E-state index in [4.69, 9.17) is 27.9 Å². The van der Waals surface area contributed by atoms with Crippen molar-refractivity contribution in [1.82, 2.24) is 4.90 Å². The summed E-state index contributed by atoms with van der Waals surface area (Å²) in [5, 5.41) is 0.692. The molecular formula is C20H25Cl2NO3S. The van der Waals surface area contributed by atoms with E-state index in [2.05, 4.69) is 0 Å². The molecule has 2 fully saturated rings. The molecule has 0 bridgehead atoms. The molecule has 1 aliphatic heterocycles. The third kappa shape index (κ3) is 4.75. The zero-order valence-electron chi connectivity index (χ0n) is 15.5. The first-order valence-electron chi connectivity index (χ1n) is 9.58. The second-order valence-corrected chi connectivity index (χ2v) is 9.05. The van der Waals surface area contributed by atoms with Crippen LogP contribution in [0.4, 0.5) is 0 Å². The Bertz CT molecular complexity index is 694. The van der Waals surface area contributed by atoms with Crippen molar-refractivity contribution in [2.45, 2.75) is 56.9 Å². The van der Waals surface area contributed by atoms with E-state index in [1.54, 1.807) is 28.8 Å². The average Bonchev–Trinajstić information content (AvgIpc) is 3.13. The molecule has 2 unspecified atom stereocenters. The van der Waals surface area contributed by atoms with Crippen LogP contribution in [0.25, 0.3) is 0 Å². The third-order valence-corrected chi connectivity index (χ3v) is 7.22. The van der Waals surface area contributed by atoms with E-state index in [-0.39, 0.29) is 23.2 Å². The van der Waals surface area contributed by atoms with Crippen molar-refractivity contribution in [3.63, 3.8) is 0 Å². The summed E-state index contributed by atoms with van der Waals surface area (Å²) in [7, 11) is 0. The van der Waals surface area contributed by atoms with Gasteiger partial charge in [-0.05, 0) is 37.0 Å². The monoisotopic (exact) mass is 429 g/mol. The summed E-state index contributed by atoms with van der Waals surface area (Å²) in [6, 6.07) is 4.87. The first kappa shape index (κ1) is 20.8. The van der Waals surface area contributed by atoms with Crippen LogP contribution in [-0.4, -0.2) is 35.2 Å². The van der Waals surface area contributed by atoms with Crippen LogP contribution >= 0.6 is 35.0 Å². The highest BCUT2D eigenvalue weighted by Crippen LogP contribution is 2.44. The van der Waals surface area contributed by atoms with Crippen LogP contribution < -0.4 is 0 Å². The second kappa shape index (κ2) is 9.53. The van der Waals surface area contributed by atoms with Crippen LogP contribution in [0.3, 0.4) is 0 Å². The van der Waals surface area contributed by atoms with Crippen LogP contribution in [0.15, 0.2) is 18.2 Å². The maximum Gasteiger partial charge on any atom is 0.329 e. The highest BCUT2D eigenvalue weighted by molar-refractivity contribution is 7.99. The Hall–Kier alpha value is -0.910. The average molecular weight is 430 g/mol. The van der Waals surface area contributed by atoms with Crippen molar-refractivity contribution < 1.29 is 14.3 Å². The molecule has 1 heterocycles. The summed E-state index contributed by atoms with van der Waals surface area (Å²) in [4.78, 5) is 27.7. The molecule has 0 aromatic heterocycles. The summed E-state index contributed by atoms with van der Waals surface area (Å²) < 4.78 is 5.38. The topological polar surface area (TPSA) is 46.6 Å². The first-order valence-corrected chi connectivity index (χ1v) is 11.4. The zero-order chi connectivity index (χ0) is 19.4. The van der Waals surface area contributed by atoms with Crippen molar-refractivity contribution in [2.75, 3.05) is 12.4 Å². The summed E-state index contributed by atoms with van der Waals surface area (Å²) in [6.45, 7) is 2.34. The first-order chi connectivity index (χ1) is 13.0. The molecule has 3 rings (SSSR count). The van der Waals surface area contributed by atoms with Crippen LogP contribution in [-0.2, 0) is 14.3 Å². The standard InChI is InChI=1S/C20H25Cl2NO3S/c1-2-10-26-20(25)17-12-27-19(14-8-9-15(21)16(22)11-14)23(17)18(24)13-6-4-3-5-7-13/h8-9,11,13,17,19H,2-7,10,12H2,1H3. The molecule has 148 valence electrons. The molecule has 2 atom stereocenters. The maximum atomic E-state index is 13.4. The van der Waals surface area contributed by atoms with Crippen LogP contribution in [0, 0.1) is 5.92 Å². The number of ether oxygens (including phenoxy) is 1. The smallest absolute Gasteiger partial charge is 0.329 e. The van der Waals surface area contributed by atoms with Gasteiger partial charge in [0.2, 0.25) is 5.91 Å². The van der Waals surface area contributed by atoms with Gasteiger partial charge in [-0.3, -0.25) is 4.79 Å². The van der Waals surface area contributed by atoms with E-state index in [1.165, 1.54) is 6.42 Å². The lowest BCUT2D eigenvalue weighted by Gasteiger charge is -2.33. The van der Waals surface area contributed by atoms with E-state index in [0.29, 0.717) is 22.4 Å². The largest absolute Gasteiger partial charge is 0.464 e. The number of hydrogen-bond acceptors (Lipinski definition) is 4. The molecule has 2 aliphatic rings. The van der Waals surface area contributed by atoms with Crippen molar-refractivity contribution >= 4 is 46.8 Å². The van der Waals surface area contributed by atoms with Crippen LogP contribution in [0.5, 0.6) is 0 Å². The molecule has 0 spiro atoms. The fourth-order valence-corrected chi connectivity index (χ4v) is 5.46. The zero-order valence-corrected chi connectivity index (χ0v) is 17.8. The molecule has 27 heavy (non-hydrogen) atoms. The van der Waals surface area contributed by atoms with E-state index in [9.17, 15) is 9.59 Å². The molecule has 0 radical (unpaired) electrons. The van der Waals surface area contributed by atoms with Gasteiger partial charge in [0.1, 0.15) is 11.4 Å². The molecule has 7 heteroatoms. The van der Waals surface area contributed by atoms with Crippen molar-refractivity contribution in [3.05, 3.63) is 33.8 Å². The third-order valence-electron chi connectivity index (χ3n) is 5.16. The fourth-order valence-electron chi connectivity index (χ4n) is 3.74. The molecule has 1 saturated carbocycles. The van der Waals surface area contributed by atoms with E-state index < -0.39 is 6.04 Å². The number of nitrogens with zero attached hydrogens (tertiary/aromatic N) is 1. The lowest BCUT2D eigenvalue weighted by atomic mass is 9.88. The highest BCUT2D eigenvalue weighted by atomic mass is 35.5. The highest BCUT2D eigenvalue weighted by Gasteiger charge is 2.45. The number of halogens is 2. The van der Waals surface area contributed by atoms with Gasteiger partial charge in [-0.2, -0.15) is 0 Å². The number of rotatable bonds is 5. The van der Waals surface area contributed by atoms with Gasteiger partial charge in [0.25, 0.3) is 0 Å². The predicted octanol–water partition coefficient (Wildman–Crippen LogP) is 5.47. The SMILES string of the molecule is CCCOC(=O)C1CSC(c2ccc(Cl)c(Cl)c2)N1C(=O)C1CCCCC1. The van der Waals surface area contributed by atoms with E-state index in [0.717, 1.165) is 37.7 Å². The Morgan fingerprint density at radius 3 is 2.59 bits per heavy atom. The molecule has 1 aliphatic carbocycles. The number of carbonyl (C=O) groups excluding carboxylic acids is 2. The predicted molar refractivity (Wildman–Crippen MR) is 110 cm³/mol. The number of benzene rings is 1. The quantitative estimate of drug-likeness (QED) is 0.582. The van der Waals surface area contributed by atoms with Gasteiger partial charge < -0.3 is 9.64 Å². The van der Waals surface area contributed by atoms with Gasteiger partial charge in [-0.1, -0.05) is 55.5 Å². The minimum absolute atomic E-state index is 0.0100. The molecular weight excluding hydrogens is 405 g/mol. The van der Waals surface area contributed by atoms with Gasteiger partial charge in [-0.25, -0.2) is 4.79 Å². The molecule has 1 aromatic carbocycles. The Kier molecular flexibility index (Phi) is 7.35. The van der Waals surface area contributed by atoms with Gasteiger partial charge >= 0.3 is 5.97 Å². The van der Waals surface area contributed by atoms with Crippen molar-refractivity contribution in [2.24, 2.45) is 5.92 Å².